The van der Waals surface area contributed by atoms with Crippen molar-refractivity contribution in [2.24, 2.45) is 5.92 Å². The smallest absolute Gasteiger partial charge is 0.262 e. The fraction of sp³-hybridized carbons (Fsp3) is 0.409. The minimum atomic E-state index is -0.163. The summed E-state index contributed by atoms with van der Waals surface area (Å²) in [5, 5.41) is 3.66. The number of hydrogen-bond acceptors (Lipinski definition) is 4. The lowest BCUT2D eigenvalue weighted by Gasteiger charge is -2.17. The van der Waals surface area contributed by atoms with E-state index >= 15 is 0 Å². The molecule has 5 nitrogen and oxygen atoms in total. The van der Waals surface area contributed by atoms with E-state index in [9.17, 15) is 9.59 Å². The fourth-order valence-corrected chi connectivity index (χ4v) is 5.20. The summed E-state index contributed by atoms with van der Waals surface area (Å²) in [6, 6.07) is 10.1. The Morgan fingerprint density at radius 2 is 2.14 bits per heavy atom. The van der Waals surface area contributed by atoms with Gasteiger partial charge in [-0.05, 0) is 42.2 Å². The Hall–Kier alpha value is -2.47. The van der Waals surface area contributed by atoms with E-state index in [2.05, 4.69) is 36.3 Å². The van der Waals surface area contributed by atoms with Gasteiger partial charge in [0, 0.05) is 11.4 Å². The maximum Gasteiger partial charge on any atom is 0.262 e. The maximum atomic E-state index is 13.0. The van der Waals surface area contributed by atoms with Gasteiger partial charge in [0.25, 0.3) is 5.56 Å². The summed E-state index contributed by atoms with van der Waals surface area (Å²) in [5.74, 6) is 0.706. The van der Waals surface area contributed by atoms with Gasteiger partial charge >= 0.3 is 0 Å². The number of hydrogen-bond donors (Lipinski definition) is 1. The second-order valence-electron chi connectivity index (χ2n) is 7.83. The molecular formula is C22H25N3O2S. The number of nitrogens with one attached hydrogen (secondary N) is 1. The van der Waals surface area contributed by atoms with Crippen LogP contribution in [0.15, 0.2) is 41.5 Å². The van der Waals surface area contributed by atoms with Crippen molar-refractivity contribution in [3.8, 4) is 0 Å². The first-order valence-electron chi connectivity index (χ1n) is 9.84. The van der Waals surface area contributed by atoms with Crippen molar-refractivity contribution in [3.63, 3.8) is 0 Å². The lowest BCUT2D eigenvalue weighted by Crippen LogP contribution is -2.34. The van der Waals surface area contributed by atoms with Gasteiger partial charge in [-0.1, -0.05) is 44.2 Å². The molecule has 0 unspecified atom stereocenters. The van der Waals surface area contributed by atoms with Gasteiger partial charge in [-0.15, -0.1) is 11.3 Å². The van der Waals surface area contributed by atoms with Gasteiger partial charge < -0.3 is 5.32 Å². The highest BCUT2D eigenvalue weighted by atomic mass is 32.1. The van der Waals surface area contributed by atoms with E-state index in [4.69, 9.17) is 0 Å². The highest BCUT2D eigenvalue weighted by molar-refractivity contribution is 7.18. The van der Waals surface area contributed by atoms with Crippen LogP contribution in [0.1, 0.15) is 42.2 Å². The minimum Gasteiger partial charge on any atom is -0.354 e. The standard InChI is InChI=1S/C22H25N3O2S/c1-14-8-9-17-18(10-14)28-21-20(17)22(27)25(13-24-21)12-19(26)23-11-15(2)16-6-4-3-5-7-16/h3-7,13-15H,8-12H2,1-2H3,(H,23,26)/t14-,15-/m0/s1. The molecule has 0 saturated carbocycles. The molecule has 0 bridgehead atoms. The van der Waals surface area contributed by atoms with Crippen LogP contribution in [-0.2, 0) is 24.2 Å². The molecule has 3 aromatic rings. The molecule has 1 aliphatic carbocycles. The molecule has 1 amide bonds. The third-order valence-corrected chi connectivity index (χ3v) is 6.73. The van der Waals surface area contributed by atoms with E-state index in [1.54, 1.807) is 11.3 Å². The zero-order valence-corrected chi connectivity index (χ0v) is 17.1. The summed E-state index contributed by atoms with van der Waals surface area (Å²) in [7, 11) is 0. The van der Waals surface area contributed by atoms with Crippen LogP contribution < -0.4 is 10.9 Å². The predicted octanol–water partition coefficient (Wildman–Crippen LogP) is 3.50. The monoisotopic (exact) mass is 395 g/mol. The van der Waals surface area contributed by atoms with Crippen molar-refractivity contribution in [1.29, 1.82) is 0 Å². The third kappa shape index (κ3) is 3.74. The van der Waals surface area contributed by atoms with Gasteiger partial charge in [0.15, 0.2) is 0 Å². The van der Waals surface area contributed by atoms with Crippen LogP contribution in [0, 0.1) is 5.92 Å². The normalized spacial score (nSPS) is 17.3. The molecule has 2 atom stereocenters. The number of carbonyl (C=O) groups is 1. The quantitative estimate of drug-likeness (QED) is 0.719. The van der Waals surface area contributed by atoms with Gasteiger partial charge in [-0.25, -0.2) is 4.98 Å². The first-order valence-corrected chi connectivity index (χ1v) is 10.7. The second kappa shape index (κ2) is 7.87. The highest BCUT2D eigenvalue weighted by Gasteiger charge is 2.23. The molecule has 1 N–H and O–H groups in total. The van der Waals surface area contributed by atoms with Crippen LogP contribution in [0.5, 0.6) is 0 Å². The zero-order chi connectivity index (χ0) is 19.7. The number of carbonyl (C=O) groups excluding carboxylic acids is 1. The van der Waals surface area contributed by atoms with Crippen LogP contribution in [-0.4, -0.2) is 22.0 Å². The van der Waals surface area contributed by atoms with E-state index in [0.717, 1.165) is 35.0 Å². The van der Waals surface area contributed by atoms with Crippen LogP contribution in [0.4, 0.5) is 0 Å². The fourth-order valence-electron chi connectivity index (χ4n) is 3.86. The Kier molecular flexibility index (Phi) is 5.31. The summed E-state index contributed by atoms with van der Waals surface area (Å²) in [6.45, 7) is 4.87. The minimum absolute atomic E-state index is 0.00427. The van der Waals surface area contributed by atoms with E-state index in [1.165, 1.54) is 21.3 Å². The number of rotatable bonds is 5. The summed E-state index contributed by atoms with van der Waals surface area (Å²) in [6.07, 6.45) is 4.56. The maximum absolute atomic E-state index is 13.0. The van der Waals surface area contributed by atoms with Crippen LogP contribution in [0.3, 0.4) is 0 Å². The number of aryl methyl sites for hydroxylation is 1. The van der Waals surface area contributed by atoms with Gasteiger partial charge in [0.05, 0.1) is 11.7 Å². The van der Waals surface area contributed by atoms with Crippen LogP contribution in [0.2, 0.25) is 0 Å². The average Bonchev–Trinajstić information content (AvgIpc) is 3.07. The molecule has 1 aliphatic rings. The second-order valence-corrected chi connectivity index (χ2v) is 8.91. The summed E-state index contributed by atoms with van der Waals surface area (Å²) in [5.41, 5.74) is 2.24. The van der Waals surface area contributed by atoms with Gasteiger partial charge in [-0.3, -0.25) is 14.2 Å². The van der Waals surface area contributed by atoms with Gasteiger partial charge in [-0.2, -0.15) is 0 Å². The number of amides is 1. The third-order valence-electron chi connectivity index (χ3n) is 5.57. The van der Waals surface area contributed by atoms with Crippen molar-refractivity contribution in [2.75, 3.05) is 6.54 Å². The van der Waals surface area contributed by atoms with Crippen molar-refractivity contribution >= 4 is 27.5 Å². The Labute approximate surface area is 168 Å². The molecule has 0 saturated heterocycles. The Morgan fingerprint density at radius 3 is 2.93 bits per heavy atom. The van der Waals surface area contributed by atoms with Crippen molar-refractivity contribution in [1.82, 2.24) is 14.9 Å². The van der Waals surface area contributed by atoms with E-state index < -0.39 is 0 Å². The van der Waals surface area contributed by atoms with Crippen LogP contribution >= 0.6 is 11.3 Å². The number of nitrogens with zero attached hydrogens (tertiary/aromatic N) is 2. The number of benzene rings is 1. The number of thiophene rings is 1. The summed E-state index contributed by atoms with van der Waals surface area (Å²) in [4.78, 5) is 32.0. The molecule has 0 aliphatic heterocycles. The molecule has 2 heterocycles. The molecule has 146 valence electrons. The Morgan fingerprint density at radius 1 is 1.36 bits per heavy atom. The van der Waals surface area contributed by atoms with Crippen LogP contribution in [0.25, 0.3) is 10.2 Å². The molecule has 0 spiro atoms. The van der Waals surface area contributed by atoms with Crippen molar-refractivity contribution in [3.05, 3.63) is 63.0 Å². The van der Waals surface area contributed by atoms with Gasteiger partial charge in [0.1, 0.15) is 11.4 Å². The van der Waals surface area contributed by atoms with E-state index in [-0.39, 0.29) is 23.9 Å². The van der Waals surface area contributed by atoms with Crippen molar-refractivity contribution in [2.45, 2.75) is 45.6 Å². The lowest BCUT2D eigenvalue weighted by molar-refractivity contribution is -0.121. The molecule has 2 aromatic heterocycles. The molecule has 1 aromatic carbocycles. The SMILES string of the molecule is C[C@H]1CCc2c(sc3ncn(CC(=O)NC[C@H](C)c4ccccc4)c(=O)c23)C1. The first kappa shape index (κ1) is 18.9. The zero-order valence-electron chi connectivity index (χ0n) is 16.3. The summed E-state index contributed by atoms with van der Waals surface area (Å²) < 4.78 is 1.44. The molecule has 0 radical (unpaired) electrons. The number of aromatic nitrogens is 2. The first-order chi connectivity index (χ1) is 13.5. The average molecular weight is 396 g/mol. The Balaban J connectivity index is 1.48. The highest BCUT2D eigenvalue weighted by Crippen LogP contribution is 2.35. The Bertz CT molecular complexity index is 1050. The lowest BCUT2D eigenvalue weighted by atomic mass is 9.89. The van der Waals surface area contributed by atoms with E-state index in [0.29, 0.717) is 12.5 Å². The number of fused-ring (bicyclic) bond motifs is 3. The summed E-state index contributed by atoms with van der Waals surface area (Å²) >= 11 is 1.63. The molecule has 4 rings (SSSR count). The predicted molar refractivity (Wildman–Crippen MR) is 113 cm³/mol. The van der Waals surface area contributed by atoms with Gasteiger partial charge in [0.2, 0.25) is 5.91 Å². The van der Waals surface area contributed by atoms with Crippen molar-refractivity contribution < 1.29 is 4.79 Å². The molecular weight excluding hydrogens is 370 g/mol. The molecule has 28 heavy (non-hydrogen) atoms. The largest absolute Gasteiger partial charge is 0.354 e. The topological polar surface area (TPSA) is 64.0 Å². The van der Waals surface area contributed by atoms with E-state index in [1.807, 2.05) is 18.2 Å². The molecule has 0 fully saturated rings. The molecule has 6 heteroatoms.